The summed E-state index contributed by atoms with van der Waals surface area (Å²) in [7, 11) is 3.22. The van der Waals surface area contributed by atoms with E-state index in [1.807, 2.05) is 31.2 Å². The van der Waals surface area contributed by atoms with Gasteiger partial charge in [0, 0.05) is 13.7 Å². The van der Waals surface area contributed by atoms with Gasteiger partial charge in [-0.2, -0.15) is 5.10 Å². The molecule has 5 nitrogen and oxygen atoms in total. The fourth-order valence-electron chi connectivity index (χ4n) is 2.30. The first-order valence-corrected chi connectivity index (χ1v) is 6.57. The standard InChI is InChI=1S/C15H20N2O3/c1-4-17-14(13(20-3)9-16-17)15(18)12-8-6-5-7-11(12)10-19-2/h5-9,15,18H,4,10H2,1-3H3. The van der Waals surface area contributed by atoms with Gasteiger partial charge in [0.2, 0.25) is 0 Å². The van der Waals surface area contributed by atoms with E-state index in [0.29, 0.717) is 24.6 Å². The molecular formula is C15H20N2O3. The molecule has 1 aromatic heterocycles. The van der Waals surface area contributed by atoms with E-state index >= 15 is 0 Å². The molecule has 0 fully saturated rings. The van der Waals surface area contributed by atoms with Crippen LogP contribution in [-0.2, 0) is 17.9 Å². The zero-order valence-corrected chi connectivity index (χ0v) is 12.0. The van der Waals surface area contributed by atoms with Gasteiger partial charge in [0.1, 0.15) is 11.8 Å². The molecule has 20 heavy (non-hydrogen) atoms. The van der Waals surface area contributed by atoms with E-state index in [9.17, 15) is 5.11 Å². The van der Waals surface area contributed by atoms with E-state index in [-0.39, 0.29) is 0 Å². The molecule has 0 aliphatic carbocycles. The Hall–Kier alpha value is -1.85. The lowest BCUT2D eigenvalue weighted by Crippen LogP contribution is -2.12. The van der Waals surface area contributed by atoms with Crippen molar-refractivity contribution in [1.29, 1.82) is 0 Å². The highest BCUT2D eigenvalue weighted by molar-refractivity contribution is 5.38. The van der Waals surface area contributed by atoms with Crippen LogP contribution in [-0.4, -0.2) is 29.1 Å². The SMILES string of the molecule is CCn1ncc(OC)c1C(O)c1ccccc1COC. The lowest BCUT2D eigenvalue weighted by Gasteiger charge is -2.17. The first kappa shape index (κ1) is 14.6. The van der Waals surface area contributed by atoms with E-state index < -0.39 is 6.10 Å². The van der Waals surface area contributed by atoms with Crippen LogP contribution in [0.4, 0.5) is 0 Å². The third-order valence-electron chi connectivity index (χ3n) is 3.27. The Morgan fingerprint density at radius 2 is 2.05 bits per heavy atom. The van der Waals surface area contributed by atoms with Gasteiger partial charge in [-0.05, 0) is 18.1 Å². The number of ether oxygens (including phenoxy) is 2. The van der Waals surface area contributed by atoms with E-state index in [1.54, 1.807) is 25.1 Å². The molecule has 108 valence electrons. The van der Waals surface area contributed by atoms with E-state index in [0.717, 1.165) is 11.1 Å². The largest absolute Gasteiger partial charge is 0.493 e. The molecule has 1 N–H and O–H groups in total. The smallest absolute Gasteiger partial charge is 0.163 e. The molecule has 1 unspecified atom stereocenters. The summed E-state index contributed by atoms with van der Waals surface area (Å²) in [6, 6.07) is 7.67. The van der Waals surface area contributed by atoms with Crippen LogP contribution in [0.5, 0.6) is 5.75 Å². The van der Waals surface area contributed by atoms with Gasteiger partial charge in [0.05, 0.1) is 19.9 Å². The summed E-state index contributed by atoms with van der Waals surface area (Å²) in [6.07, 6.45) is 0.833. The van der Waals surface area contributed by atoms with Crippen molar-refractivity contribution in [2.24, 2.45) is 0 Å². The highest BCUT2D eigenvalue weighted by atomic mass is 16.5. The number of benzene rings is 1. The monoisotopic (exact) mass is 276 g/mol. The Morgan fingerprint density at radius 3 is 2.70 bits per heavy atom. The molecule has 0 amide bonds. The Balaban J connectivity index is 2.45. The number of aliphatic hydroxyl groups is 1. The fraction of sp³-hybridized carbons (Fsp3) is 0.400. The van der Waals surface area contributed by atoms with Crippen LogP contribution in [0.2, 0.25) is 0 Å². The topological polar surface area (TPSA) is 56.5 Å². The summed E-state index contributed by atoms with van der Waals surface area (Å²) in [5, 5.41) is 14.9. The summed E-state index contributed by atoms with van der Waals surface area (Å²) in [5.74, 6) is 0.589. The predicted molar refractivity (Wildman–Crippen MR) is 75.7 cm³/mol. The van der Waals surface area contributed by atoms with Crippen LogP contribution >= 0.6 is 0 Å². The van der Waals surface area contributed by atoms with Crippen LogP contribution in [0.1, 0.15) is 29.8 Å². The molecule has 0 aliphatic heterocycles. The minimum absolute atomic E-state index is 0.454. The van der Waals surface area contributed by atoms with Crippen LogP contribution < -0.4 is 4.74 Å². The number of rotatable bonds is 6. The highest BCUT2D eigenvalue weighted by Crippen LogP contribution is 2.31. The normalized spacial score (nSPS) is 12.4. The second-order valence-corrected chi connectivity index (χ2v) is 4.45. The second kappa shape index (κ2) is 6.54. The molecule has 2 rings (SSSR count). The maximum atomic E-state index is 10.7. The fourth-order valence-corrected chi connectivity index (χ4v) is 2.30. The highest BCUT2D eigenvalue weighted by Gasteiger charge is 2.22. The van der Waals surface area contributed by atoms with Crippen molar-refractivity contribution < 1.29 is 14.6 Å². The van der Waals surface area contributed by atoms with E-state index in [2.05, 4.69) is 5.10 Å². The Kier molecular flexibility index (Phi) is 4.76. The Morgan fingerprint density at radius 1 is 1.30 bits per heavy atom. The third kappa shape index (κ3) is 2.69. The number of aryl methyl sites for hydroxylation is 1. The molecule has 1 atom stereocenters. The molecule has 0 saturated carbocycles. The molecule has 0 bridgehead atoms. The van der Waals surface area contributed by atoms with Gasteiger partial charge in [-0.1, -0.05) is 24.3 Å². The molecule has 2 aromatic rings. The van der Waals surface area contributed by atoms with Crippen molar-refractivity contribution in [2.45, 2.75) is 26.2 Å². The maximum Gasteiger partial charge on any atom is 0.163 e. The van der Waals surface area contributed by atoms with Crippen LogP contribution in [0, 0.1) is 0 Å². The van der Waals surface area contributed by atoms with Gasteiger partial charge in [-0.15, -0.1) is 0 Å². The van der Waals surface area contributed by atoms with Gasteiger partial charge >= 0.3 is 0 Å². The second-order valence-electron chi connectivity index (χ2n) is 4.45. The molecule has 0 saturated heterocycles. The van der Waals surface area contributed by atoms with Crippen LogP contribution in [0.3, 0.4) is 0 Å². The van der Waals surface area contributed by atoms with Gasteiger partial charge in [0.25, 0.3) is 0 Å². The summed E-state index contributed by atoms with van der Waals surface area (Å²) in [4.78, 5) is 0. The van der Waals surface area contributed by atoms with Crippen molar-refractivity contribution in [1.82, 2.24) is 9.78 Å². The van der Waals surface area contributed by atoms with Gasteiger partial charge in [0.15, 0.2) is 5.75 Å². The lowest BCUT2D eigenvalue weighted by atomic mass is 10.00. The summed E-state index contributed by atoms with van der Waals surface area (Å²) in [5.41, 5.74) is 2.43. The minimum Gasteiger partial charge on any atom is -0.493 e. The Bertz CT molecular complexity index is 544. The zero-order valence-electron chi connectivity index (χ0n) is 12.0. The minimum atomic E-state index is -0.793. The average Bonchev–Trinajstić information content (AvgIpc) is 2.90. The lowest BCUT2D eigenvalue weighted by molar-refractivity contribution is 0.172. The zero-order chi connectivity index (χ0) is 14.5. The predicted octanol–water partition coefficient (Wildman–Crippen LogP) is 2.14. The Labute approximate surface area is 118 Å². The van der Waals surface area contributed by atoms with Gasteiger partial charge in [-0.3, -0.25) is 4.68 Å². The van der Waals surface area contributed by atoms with Crippen molar-refractivity contribution in [3.63, 3.8) is 0 Å². The number of aliphatic hydroxyl groups excluding tert-OH is 1. The molecule has 1 aromatic carbocycles. The average molecular weight is 276 g/mol. The van der Waals surface area contributed by atoms with Crippen molar-refractivity contribution in [2.75, 3.05) is 14.2 Å². The quantitative estimate of drug-likeness (QED) is 0.878. The third-order valence-corrected chi connectivity index (χ3v) is 3.27. The van der Waals surface area contributed by atoms with E-state index in [4.69, 9.17) is 9.47 Å². The number of methoxy groups -OCH3 is 2. The van der Waals surface area contributed by atoms with Gasteiger partial charge < -0.3 is 14.6 Å². The summed E-state index contributed by atoms with van der Waals surface area (Å²) >= 11 is 0. The molecular weight excluding hydrogens is 256 g/mol. The molecule has 0 radical (unpaired) electrons. The van der Waals surface area contributed by atoms with Crippen molar-refractivity contribution >= 4 is 0 Å². The summed E-state index contributed by atoms with van der Waals surface area (Å²) < 4.78 is 12.2. The first-order valence-electron chi connectivity index (χ1n) is 6.57. The summed E-state index contributed by atoms with van der Waals surface area (Å²) in [6.45, 7) is 3.10. The van der Waals surface area contributed by atoms with Crippen molar-refractivity contribution in [3.05, 3.63) is 47.3 Å². The molecule has 0 aliphatic rings. The number of hydrogen-bond donors (Lipinski definition) is 1. The van der Waals surface area contributed by atoms with Crippen molar-refractivity contribution in [3.8, 4) is 5.75 Å². The van der Waals surface area contributed by atoms with E-state index in [1.165, 1.54) is 0 Å². The maximum absolute atomic E-state index is 10.7. The number of aromatic nitrogens is 2. The first-order chi connectivity index (χ1) is 9.72. The molecule has 0 spiro atoms. The molecule has 1 heterocycles. The molecule has 5 heteroatoms. The van der Waals surface area contributed by atoms with Crippen LogP contribution in [0.15, 0.2) is 30.5 Å². The number of hydrogen-bond acceptors (Lipinski definition) is 4. The van der Waals surface area contributed by atoms with Gasteiger partial charge in [-0.25, -0.2) is 0 Å². The van der Waals surface area contributed by atoms with Crippen LogP contribution in [0.25, 0.3) is 0 Å². The number of nitrogens with zero attached hydrogens (tertiary/aromatic N) is 2.